The molecule has 0 saturated carbocycles. The van der Waals surface area contributed by atoms with Crippen molar-refractivity contribution in [3.05, 3.63) is 76.5 Å². The van der Waals surface area contributed by atoms with E-state index in [0.29, 0.717) is 58.0 Å². The number of nitrogens with zero attached hydrogens (tertiary/aromatic N) is 4. The average molecular weight is 601 g/mol. The van der Waals surface area contributed by atoms with Crippen LogP contribution in [0.25, 0.3) is 22.0 Å². The highest BCUT2D eigenvalue weighted by Gasteiger charge is 2.34. The minimum Gasteiger partial charge on any atom is -0.504 e. The highest BCUT2D eigenvalue weighted by Crippen LogP contribution is 2.49. The molecule has 0 aliphatic carbocycles. The number of anilines is 2. The van der Waals surface area contributed by atoms with Crippen molar-refractivity contribution < 1.29 is 23.4 Å². The van der Waals surface area contributed by atoms with Crippen molar-refractivity contribution in [2.45, 2.75) is 45.3 Å². The van der Waals surface area contributed by atoms with E-state index < -0.39 is 29.4 Å². The molecule has 11 heteroatoms. The molecule has 1 aliphatic rings. The third-order valence-corrected chi connectivity index (χ3v) is 7.47. The number of rotatable bonds is 4. The van der Waals surface area contributed by atoms with Crippen molar-refractivity contribution in [3.63, 3.8) is 0 Å². The number of hydrogen-bond donors (Lipinski definition) is 1. The van der Waals surface area contributed by atoms with Gasteiger partial charge in [-0.25, -0.2) is 18.6 Å². The van der Waals surface area contributed by atoms with Crippen LogP contribution in [0.5, 0.6) is 5.75 Å². The minimum absolute atomic E-state index is 0.0179. The van der Waals surface area contributed by atoms with Crippen LogP contribution in [0.3, 0.4) is 0 Å². The monoisotopic (exact) mass is 600 g/mol. The Kier molecular flexibility index (Phi) is 7.94. The first-order chi connectivity index (χ1) is 19.4. The summed E-state index contributed by atoms with van der Waals surface area (Å²) in [6.07, 6.45) is 3.43. The zero-order valence-corrected chi connectivity index (χ0v) is 24.2. The van der Waals surface area contributed by atoms with Crippen molar-refractivity contribution in [1.29, 1.82) is 0 Å². The SMILES string of the molecule is CC(C)(C)OC(=O)N1CCC(N(c2ccc(F)cc2F)c2nc3cnccc3c(-c3c(Cl)cccc3Cl)c2O)CC1. The number of aromatic nitrogens is 2. The molecule has 3 heterocycles. The Bertz CT molecular complexity index is 1600. The third kappa shape index (κ3) is 5.87. The van der Waals surface area contributed by atoms with Gasteiger partial charge in [0.2, 0.25) is 0 Å². The summed E-state index contributed by atoms with van der Waals surface area (Å²) in [5, 5.41) is 13.0. The molecule has 0 unspecified atom stereocenters. The maximum absolute atomic E-state index is 15.4. The maximum Gasteiger partial charge on any atom is 0.410 e. The topological polar surface area (TPSA) is 78.8 Å². The first-order valence-corrected chi connectivity index (χ1v) is 13.8. The second-order valence-corrected chi connectivity index (χ2v) is 11.6. The van der Waals surface area contributed by atoms with Crippen LogP contribution >= 0.6 is 23.2 Å². The molecule has 1 fully saturated rings. The largest absolute Gasteiger partial charge is 0.504 e. The van der Waals surface area contributed by atoms with Gasteiger partial charge in [-0.3, -0.25) is 4.98 Å². The number of piperidine rings is 1. The molecule has 0 atom stereocenters. The van der Waals surface area contributed by atoms with Crippen LogP contribution in [0.1, 0.15) is 33.6 Å². The number of halogens is 4. The molecule has 2 aromatic heterocycles. The zero-order valence-electron chi connectivity index (χ0n) is 22.7. The molecule has 214 valence electrons. The lowest BCUT2D eigenvalue weighted by Gasteiger charge is -2.40. The highest BCUT2D eigenvalue weighted by atomic mass is 35.5. The molecule has 1 N–H and O–H groups in total. The van der Waals surface area contributed by atoms with E-state index in [0.717, 1.165) is 12.1 Å². The Morgan fingerprint density at radius 3 is 2.39 bits per heavy atom. The van der Waals surface area contributed by atoms with Crippen LogP contribution in [-0.4, -0.2) is 50.8 Å². The fourth-order valence-electron chi connectivity index (χ4n) is 5.04. The summed E-state index contributed by atoms with van der Waals surface area (Å²) in [5.74, 6) is -1.83. The number of ether oxygens (including phenoxy) is 1. The Balaban J connectivity index is 1.66. The quantitative estimate of drug-likeness (QED) is 0.255. The van der Waals surface area contributed by atoms with E-state index in [-0.39, 0.29) is 17.3 Å². The summed E-state index contributed by atoms with van der Waals surface area (Å²) in [5.41, 5.74) is 0.464. The molecule has 41 heavy (non-hydrogen) atoms. The molecule has 4 aromatic rings. The van der Waals surface area contributed by atoms with Gasteiger partial charge in [0, 0.05) is 47.9 Å². The van der Waals surface area contributed by atoms with Gasteiger partial charge in [0.05, 0.1) is 27.4 Å². The fraction of sp³-hybridized carbons (Fsp3) is 0.300. The lowest BCUT2D eigenvalue weighted by Crippen LogP contribution is -2.47. The first kappa shape index (κ1) is 28.8. The van der Waals surface area contributed by atoms with Crippen LogP contribution in [0, 0.1) is 11.6 Å². The second kappa shape index (κ2) is 11.3. The molecule has 2 aromatic carbocycles. The van der Waals surface area contributed by atoms with Crippen molar-refractivity contribution in [2.24, 2.45) is 0 Å². The van der Waals surface area contributed by atoms with Gasteiger partial charge in [0.25, 0.3) is 0 Å². The lowest BCUT2D eigenvalue weighted by atomic mass is 9.98. The van der Waals surface area contributed by atoms with Gasteiger partial charge in [-0.15, -0.1) is 0 Å². The maximum atomic E-state index is 15.4. The first-order valence-electron chi connectivity index (χ1n) is 13.1. The minimum atomic E-state index is -0.829. The molecule has 7 nitrogen and oxygen atoms in total. The molecule has 1 saturated heterocycles. The molecule has 0 spiro atoms. The van der Waals surface area contributed by atoms with Gasteiger partial charge in [0.15, 0.2) is 11.6 Å². The molecule has 1 aliphatic heterocycles. The Labute approximate surface area is 246 Å². The standard InChI is InChI=1S/C30H28Cl2F2N4O3/c1-30(2,3)41-29(40)37-13-10-18(11-14-37)38(24-8-7-17(33)15-22(24)34)28-27(39)25(19-9-12-35-16-23(19)36-28)26-20(31)5-4-6-21(26)32/h4-9,12,15-16,18,39H,10-11,13-14H2,1-3H3. The Morgan fingerprint density at radius 1 is 1.07 bits per heavy atom. The number of hydrogen-bond acceptors (Lipinski definition) is 6. The highest BCUT2D eigenvalue weighted by molar-refractivity contribution is 6.40. The van der Waals surface area contributed by atoms with E-state index in [1.165, 1.54) is 12.3 Å². The number of benzene rings is 2. The normalized spacial score (nSPS) is 14.4. The number of aromatic hydroxyl groups is 1. The average Bonchev–Trinajstić information content (AvgIpc) is 2.91. The molecular formula is C30H28Cl2F2N4O3. The summed E-state index contributed by atoms with van der Waals surface area (Å²) in [7, 11) is 0. The number of likely N-dealkylation sites (tertiary alicyclic amines) is 1. The van der Waals surface area contributed by atoms with E-state index in [9.17, 15) is 14.3 Å². The number of pyridine rings is 2. The number of amides is 1. The van der Waals surface area contributed by atoms with E-state index in [4.69, 9.17) is 32.9 Å². The number of carbonyl (C=O) groups is 1. The Hall–Kier alpha value is -3.69. The summed E-state index contributed by atoms with van der Waals surface area (Å²) in [6, 6.07) is 9.49. The number of fused-ring (bicyclic) bond motifs is 1. The van der Waals surface area contributed by atoms with Crippen LogP contribution in [0.15, 0.2) is 54.9 Å². The van der Waals surface area contributed by atoms with Gasteiger partial charge in [-0.1, -0.05) is 29.3 Å². The molecule has 5 rings (SSSR count). The fourth-order valence-corrected chi connectivity index (χ4v) is 5.63. The van der Waals surface area contributed by atoms with Gasteiger partial charge >= 0.3 is 6.09 Å². The summed E-state index contributed by atoms with van der Waals surface area (Å²) in [4.78, 5) is 24.7. The Morgan fingerprint density at radius 2 is 1.76 bits per heavy atom. The van der Waals surface area contributed by atoms with Gasteiger partial charge in [-0.2, -0.15) is 0 Å². The van der Waals surface area contributed by atoms with E-state index in [1.807, 2.05) is 0 Å². The lowest BCUT2D eigenvalue weighted by molar-refractivity contribution is 0.0206. The van der Waals surface area contributed by atoms with Crippen molar-refractivity contribution >= 4 is 51.7 Å². The van der Waals surface area contributed by atoms with Crippen LogP contribution in [0.4, 0.5) is 25.1 Å². The van der Waals surface area contributed by atoms with E-state index >= 15 is 4.39 Å². The van der Waals surface area contributed by atoms with Gasteiger partial charge in [-0.05, 0) is 63.9 Å². The smallest absolute Gasteiger partial charge is 0.410 e. The van der Waals surface area contributed by atoms with E-state index in [1.54, 1.807) is 61.0 Å². The summed E-state index contributed by atoms with van der Waals surface area (Å²) in [6.45, 7) is 6.02. The molecule has 0 bridgehead atoms. The van der Waals surface area contributed by atoms with Crippen molar-refractivity contribution in [2.75, 3.05) is 18.0 Å². The molecule has 0 radical (unpaired) electrons. The second-order valence-electron chi connectivity index (χ2n) is 10.8. The van der Waals surface area contributed by atoms with Crippen LogP contribution < -0.4 is 4.90 Å². The predicted molar refractivity (Wildman–Crippen MR) is 156 cm³/mol. The van der Waals surface area contributed by atoms with Crippen molar-refractivity contribution in [3.8, 4) is 16.9 Å². The summed E-state index contributed by atoms with van der Waals surface area (Å²) < 4.78 is 34.9. The van der Waals surface area contributed by atoms with Gasteiger partial charge < -0.3 is 19.6 Å². The zero-order chi connectivity index (χ0) is 29.5. The van der Waals surface area contributed by atoms with Crippen LogP contribution in [0.2, 0.25) is 10.0 Å². The van der Waals surface area contributed by atoms with Crippen molar-refractivity contribution in [1.82, 2.24) is 14.9 Å². The third-order valence-electron chi connectivity index (χ3n) is 6.84. The molecular weight excluding hydrogens is 573 g/mol. The van der Waals surface area contributed by atoms with Gasteiger partial charge in [0.1, 0.15) is 17.2 Å². The van der Waals surface area contributed by atoms with Crippen LogP contribution in [-0.2, 0) is 4.74 Å². The number of carbonyl (C=O) groups excluding carboxylic acids is 1. The summed E-state index contributed by atoms with van der Waals surface area (Å²) >= 11 is 13.1. The van der Waals surface area contributed by atoms with E-state index in [2.05, 4.69) is 4.98 Å². The predicted octanol–water partition coefficient (Wildman–Crippen LogP) is 8.13. The molecule has 1 amide bonds.